The number of nitrogens with one attached hydrogen (secondary N) is 1. The highest BCUT2D eigenvalue weighted by Gasteiger charge is 2.33. The lowest BCUT2D eigenvalue weighted by molar-refractivity contribution is -0.133. The summed E-state index contributed by atoms with van der Waals surface area (Å²) < 4.78 is 0. The summed E-state index contributed by atoms with van der Waals surface area (Å²) in [4.78, 5) is 14.7. The van der Waals surface area contributed by atoms with Gasteiger partial charge in [0.1, 0.15) is 0 Å². The van der Waals surface area contributed by atoms with Gasteiger partial charge in [0.25, 0.3) is 0 Å². The topological polar surface area (TPSA) is 32.3 Å². The summed E-state index contributed by atoms with van der Waals surface area (Å²) in [5.41, 5.74) is 1.24. The van der Waals surface area contributed by atoms with Gasteiger partial charge in [-0.05, 0) is 50.3 Å². The van der Waals surface area contributed by atoms with Crippen LogP contribution in [0.3, 0.4) is 0 Å². The molecule has 2 aliphatic rings. The fourth-order valence-corrected chi connectivity index (χ4v) is 3.05. The smallest absolute Gasteiger partial charge is 0.223 e. The molecule has 1 saturated carbocycles. The van der Waals surface area contributed by atoms with Gasteiger partial charge in [-0.25, -0.2) is 0 Å². The summed E-state index contributed by atoms with van der Waals surface area (Å²) in [6.45, 7) is 2.90. The average Bonchev–Trinajstić information content (AvgIpc) is 3.31. The number of piperidine rings is 1. The molecule has 3 heteroatoms. The van der Waals surface area contributed by atoms with Gasteiger partial charge in [0.05, 0.1) is 0 Å². The van der Waals surface area contributed by atoms with Gasteiger partial charge >= 0.3 is 0 Å². The van der Waals surface area contributed by atoms with Gasteiger partial charge in [0.15, 0.2) is 0 Å². The fraction of sp³-hybridized carbons (Fsp3) is 0.588. The SMILES string of the molecule is O=C(CC1CCCNC1)N(Cc1ccccc1)C1CC1. The Morgan fingerprint density at radius 3 is 2.65 bits per heavy atom. The van der Waals surface area contributed by atoms with Crippen LogP contribution in [0, 0.1) is 5.92 Å². The third-order valence-electron chi connectivity index (χ3n) is 4.37. The zero-order valence-electron chi connectivity index (χ0n) is 12.1. The Morgan fingerprint density at radius 1 is 1.20 bits per heavy atom. The summed E-state index contributed by atoms with van der Waals surface area (Å²) in [5.74, 6) is 0.887. The summed E-state index contributed by atoms with van der Waals surface area (Å²) >= 11 is 0. The minimum Gasteiger partial charge on any atom is -0.335 e. The second-order valence-electron chi connectivity index (χ2n) is 6.15. The van der Waals surface area contributed by atoms with E-state index in [-0.39, 0.29) is 0 Å². The fourth-order valence-electron chi connectivity index (χ4n) is 3.05. The molecule has 20 heavy (non-hydrogen) atoms. The summed E-state index contributed by atoms with van der Waals surface area (Å²) in [7, 11) is 0. The third kappa shape index (κ3) is 3.60. The van der Waals surface area contributed by atoms with E-state index in [0.29, 0.717) is 17.9 Å². The van der Waals surface area contributed by atoms with E-state index in [9.17, 15) is 4.79 Å². The van der Waals surface area contributed by atoms with Gasteiger partial charge in [0, 0.05) is 19.0 Å². The van der Waals surface area contributed by atoms with Crippen molar-refractivity contribution in [1.82, 2.24) is 10.2 Å². The van der Waals surface area contributed by atoms with E-state index in [1.807, 2.05) is 6.07 Å². The first kappa shape index (κ1) is 13.6. The predicted octanol–water partition coefficient (Wildman–Crippen LogP) is 2.57. The van der Waals surface area contributed by atoms with Crippen LogP contribution >= 0.6 is 0 Å². The van der Waals surface area contributed by atoms with Crippen molar-refractivity contribution < 1.29 is 4.79 Å². The van der Waals surface area contributed by atoms with Crippen LogP contribution in [-0.4, -0.2) is 29.9 Å². The molecule has 1 atom stereocenters. The molecule has 3 nitrogen and oxygen atoms in total. The van der Waals surface area contributed by atoms with E-state index in [1.165, 1.54) is 31.2 Å². The minimum atomic E-state index is 0.352. The number of hydrogen-bond acceptors (Lipinski definition) is 2. The van der Waals surface area contributed by atoms with E-state index >= 15 is 0 Å². The quantitative estimate of drug-likeness (QED) is 0.893. The molecule has 1 saturated heterocycles. The number of amides is 1. The molecule has 1 amide bonds. The Balaban J connectivity index is 1.59. The molecule has 108 valence electrons. The maximum Gasteiger partial charge on any atom is 0.223 e. The zero-order chi connectivity index (χ0) is 13.8. The molecule has 1 aromatic rings. The van der Waals surface area contributed by atoms with Gasteiger partial charge in [-0.15, -0.1) is 0 Å². The first-order valence-electron chi connectivity index (χ1n) is 7.87. The van der Waals surface area contributed by atoms with Crippen molar-refractivity contribution in [3.63, 3.8) is 0 Å². The van der Waals surface area contributed by atoms with Crippen molar-refractivity contribution in [3.05, 3.63) is 35.9 Å². The first-order valence-corrected chi connectivity index (χ1v) is 7.87. The first-order chi connectivity index (χ1) is 9.83. The van der Waals surface area contributed by atoms with Crippen molar-refractivity contribution >= 4 is 5.91 Å². The van der Waals surface area contributed by atoms with Crippen molar-refractivity contribution in [3.8, 4) is 0 Å². The molecule has 2 fully saturated rings. The maximum absolute atomic E-state index is 12.6. The van der Waals surface area contributed by atoms with Gasteiger partial charge in [-0.2, -0.15) is 0 Å². The van der Waals surface area contributed by atoms with Gasteiger partial charge in [-0.1, -0.05) is 30.3 Å². The zero-order valence-corrected chi connectivity index (χ0v) is 12.1. The highest BCUT2D eigenvalue weighted by molar-refractivity contribution is 5.77. The third-order valence-corrected chi connectivity index (χ3v) is 4.37. The molecule has 0 radical (unpaired) electrons. The minimum absolute atomic E-state index is 0.352. The molecule has 0 bridgehead atoms. The number of carbonyl (C=O) groups excluding carboxylic acids is 1. The Labute approximate surface area is 121 Å². The molecule has 1 N–H and O–H groups in total. The molecule has 1 heterocycles. The molecule has 0 aromatic heterocycles. The van der Waals surface area contributed by atoms with E-state index < -0.39 is 0 Å². The summed E-state index contributed by atoms with van der Waals surface area (Å²) in [5, 5.41) is 3.40. The standard InChI is InChI=1S/C17H24N2O/c20-17(11-15-7-4-10-18-12-15)19(16-8-9-16)13-14-5-2-1-3-6-14/h1-3,5-6,15-16,18H,4,7-13H2. The number of benzene rings is 1. The molecule has 0 spiro atoms. The highest BCUT2D eigenvalue weighted by atomic mass is 16.2. The van der Waals surface area contributed by atoms with E-state index in [2.05, 4.69) is 34.5 Å². The highest BCUT2D eigenvalue weighted by Crippen LogP contribution is 2.30. The van der Waals surface area contributed by atoms with Crippen LogP contribution in [0.2, 0.25) is 0 Å². The summed E-state index contributed by atoms with van der Waals surface area (Å²) in [6, 6.07) is 10.9. The van der Waals surface area contributed by atoms with E-state index in [1.54, 1.807) is 0 Å². The number of rotatable bonds is 5. The van der Waals surface area contributed by atoms with E-state index in [4.69, 9.17) is 0 Å². The lowest BCUT2D eigenvalue weighted by atomic mass is 9.95. The van der Waals surface area contributed by atoms with Crippen LogP contribution in [0.15, 0.2) is 30.3 Å². The van der Waals surface area contributed by atoms with Crippen molar-refractivity contribution in [2.24, 2.45) is 5.92 Å². The number of nitrogens with zero attached hydrogens (tertiary/aromatic N) is 1. The van der Waals surface area contributed by atoms with E-state index in [0.717, 1.165) is 26.1 Å². The summed E-state index contributed by atoms with van der Waals surface area (Å²) in [6.07, 6.45) is 5.49. The number of carbonyl (C=O) groups is 1. The van der Waals surface area contributed by atoms with Crippen molar-refractivity contribution in [2.45, 2.75) is 44.7 Å². The predicted molar refractivity (Wildman–Crippen MR) is 80.2 cm³/mol. The lowest BCUT2D eigenvalue weighted by Crippen LogP contribution is -2.37. The average molecular weight is 272 g/mol. The Kier molecular flexibility index (Phi) is 4.36. The molecule has 1 aliphatic heterocycles. The molecule has 1 aromatic carbocycles. The second kappa shape index (κ2) is 6.40. The van der Waals surface area contributed by atoms with Crippen LogP contribution in [-0.2, 0) is 11.3 Å². The monoisotopic (exact) mass is 272 g/mol. The van der Waals surface area contributed by atoms with Crippen LogP contribution in [0.4, 0.5) is 0 Å². The molecule has 1 unspecified atom stereocenters. The molecular formula is C17H24N2O. The van der Waals surface area contributed by atoms with Crippen LogP contribution in [0.25, 0.3) is 0 Å². The Bertz CT molecular complexity index is 436. The number of hydrogen-bond donors (Lipinski definition) is 1. The van der Waals surface area contributed by atoms with Crippen molar-refractivity contribution in [1.29, 1.82) is 0 Å². The Morgan fingerprint density at radius 2 is 2.00 bits per heavy atom. The van der Waals surface area contributed by atoms with Gasteiger partial charge in [0.2, 0.25) is 5.91 Å². The molecular weight excluding hydrogens is 248 g/mol. The molecule has 1 aliphatic carbocycles. The largest absolute Gasteiger partial charge is 0.335 e. The van der Waals surface area contributed by atoms with Gasteiger partial charge in [-0.3, -0.25) is 4.79 Å². The van der Waals surface area contributed by atoms with Crippen LogP contribution in [0.1, 0.15) is 37.7 Å². The maximum atomic E-state index is 12.6. The lowest BCUT2D eigenvalue weighted by Gasteiger charge is -2.27. The Hall–Kier alpha value is -1.35. The van der Waals surface area contributed by atoms with Crippen LogP contribution in [0.5, 0.6) is 0 Å². The second-order valence-corrected chi connectivity index (χ2v) is 6.15. The molecule has 3 rings (SSSR count). The van der Waals surface area contributed by atoms with Crippen LogP contribution < -0.4 is 5.32 Å². The van der Waals surface area contributed by atoms with Gasteiger partial charge < -0.3 is 10.2 Å². The van der Waals surface area contributed by atoms with Crippen molar-refractivity contribution in [2.75, 3.05) is 13.1 Å². The normalized spacial score (nSPS) is 22.5.